The van der Waals surface area contributed by atoms with Crippen LogP contribution >= 0.6 is 0 Å². The van der Waals surface area contributed by atoms with E-state index in [0.29, 0.717) is 37.5 Å². The first kappa shape index (κ1) is 18.0. The summed E-state index contributed by atoms with van der Waals surface area (Å²) in [6.07, 6.45) is 1.80. The van der Waals surface area contributed by atoms with Gasteiger partial charge in [-0.2, -0.15) is 5.10 Å². The number of rotatable bonds is 6. The molecule has 0 bridgehead atoms. The van der Waals surface area contributed by atoms with E-state index in [-0.39, 0.29) is 18.2 Å². The number of carbonyl (C=O) groups is 2. The molecule has 0 aliphatic carbocycles. The average molecular weight is 356 g/mol. The third-order valence-corrected chi connectivity index (χ3v) is 4.57. The van der Waals surface area contributed by atoms with Crippen LogP contribution < -0.4 is 10.1 Å². The van der Waals surface area contributed by atoms with Gasteiger partial charge in [-0.15, -0.1) is 0 Å². The molecule has 0 saturated carbocycles. The molecule has 1 aromatic heterocycles. The molecule has 7 heteroatoms. The van der Waals surface area contributed by atoms with E-state index >= 15 is 0 Å². The van der Waals surface area contributed by atoms with Crippen molar-refractivity contribution in [2.24, 2.45) is 0 Å². The van der Waals surface area contributed by atoms with Crippen LogP contribution in [0.15, 0.2) is 24.3 Å². The van der Waals surface area contributed by atoms with Crippen molar-refractivity contribution >= 4 is 11.8 Å². The normalized spacial score (nSPS) is 13.2. The van der Waals surface area contributed by atoms with Crippen LogP contribution in [-0.4, -0.2) is 47.1 Å². The monoisotopic (exact) mass is 356 g/mol. The number of amides is 2. The molecule has 1 aliphatic rings. The largest absolute Gasteiger partial charge is 0.496 e. The van der Waals surface area contributed by atoms with E-state index in [1.807, 2.05) is 31.2 Å². The highest BCUT2D eigenvalue weighted by atomic mass is 16.5. The summed E-state index contributed by atoms with van der Waals surface area (Å²) < 4.78 is 5.33. The minimum absolute atomic E-state index is 0.0151. The van der Waals surface area contributed by atoms with Gasteiger partial charge in [0.2, 0.25) is 5.91 Å². The number of fused-ring (bicyclic) bond motifs is 1. The smallest absolute Gasteiger partial charge is 0.272 e. The Labute approximate surface area is 152 Å². The molecule has 1 aromatic carbocycles. The van der Waals surface area contributed by atoms with E-state index in [2.05, 4.69) is 15.5 Å². The fourth-order valence-corrected chi connectivity index (χ4v) is 3.14. The molecule has 0 fully saturated rings. The fraction of sp³-hybridized carbons (Fsp3) is 0.421. The number of carbonyl (C=O) groups excluding carboxylic acids is 2. The highest BCUT2D eigenvalue weighted by Gasteiger charge is 2.28. The van der Waals surface area contributed by atoms with Crippen molar-refractivity contribution in [3.63, 3.8) is 0 Å². The minimum atomic E-state index is -0.191. The van der Waals surface area contributed by atoms with Gasteiger partial charge < -0.3 is 15.0 Å². The van der Waals surface area contributed by atoms with E-state index in [1.54, 1.807) is 12.0 Å². The number of methoxy groups -OCH3 is 1. The van der Waals surface area contributed by atoms with Gasteiger partial charge in [-0.3, -0.25) is 14.7 Å². The molecule has 1 aliphatic heterocycles. The molecular weight excluding hydrogens is 332 g/mol. The highest BCUT2D eigenvalue weighted by molar-refractivity contribution is 5.94. The van der Waals surface area contributed by atoms with Crippen LogP contribution in [0.5, 0.6) is 5.75 Å². The molecule has 138 valence electrons. The lowest BCUT2D eigenvalue weighted by Gasteiger charge is -2.27. The number of hydrogen-bond donors (Lipinski definition) is 2. The van der Waals surface area contributed by atoms with Crippen molar-refractivity contribution in [2.75, 3.05) is 20.2 Å². The molecular formula is C19H24N4O3. The predicted octanol–water partition coefficient (Wildman–Crippen LogP) is 1.69. The summed E-state index contributed by atoms with van der Waals surface area (Å²) in [5.41, 5.74) is 3.01. The van der Waals surface area contributed by atoms with Crippen LogP contribution in [0.2, 0.25) is 0 Å². The zero-order valence-electron chi connectivity index (χ0n) is 15.2. The fourth-order valence-electron chi connectivity index (χ4n) is 3.14. The Morgan fingerprint density at radius 1 is 1.35 bits per heavy atom. The molecule has 2 heterocycles. The summed E-state index contributed by atoms with van der Waals surface area (Å²) in [6, 6.07) is 7.52. The number of ether oxygens (including phenoxy) is 1. The van der Waals surface area contributed by atoms with Gasteiger partial charge in [-0.1, -0.05) is 25.1 Å². The van der Waals surface area contributed by atoms with Gasteiger partial charge in [0, 0.05) is 42.9 Å². The second-order valence-corrected chi connectivity index (χ2v) is 6.34. The van der Waals surface area contributed by atoms with E-state index in [4.69, 9.17) is 4.74 Å². The lowest BCUT2D eigenvalue weighted by Crippen LogP contribution is -2.37. The number of hydrogen-bond acceptors (Lipinski definition) is 4. The van der Waals surface area contributed by atoms with Gasteiger partial charge in [-0.05, 0) is 12.5 Å². The van der Waals surface area contributed by atoms with Crippen LogP contribution in [0.4, 0.5) is 0 Å². The molecule has 0 spiro atoms. The summed E-state index contributed by atoms with van der Waals surface area (Å²) in [5.74, 6) is 0.533. The zero-order valence-corrected chi connectivity index (χ0v) is 15.2. The summed E-state index contributed by atoms with van der Waals surface area (Å²) in [7, 11) is 1.60. The number of aromatic amines is 1. The van der Waals surface area contributed by atoms with Gasteiger partial charge in [-0.25, -0.2) is 0 Å². The number of aromatic nitrogens is 2. The molecule has 26 heavy (non-hydrogen) atoms. The maximum Gasteiger partial charge on any atom is 0.272 e. The van der Waals surface area contributed by atoms with Crippen LogP contribution in [0.3, 0.4) is 0 Å². The highest BCUT2D eigenvalue weighted by Crippen LogP contribution is 2.23. The Hall–Kier alpha value is -2.83. The number of nitrogens with zero attached hydrogens (tertiary/aromatic N) is 2. The van der Waals surface area contributed by atoms with Crippen molar-refractivity contribution < 1.29 is 14.3 Å². The lowest BCUT2D eigenvalue weighted by atomic mass is 10.0. The van der Waals surface area contributed by atoms with Gasteiger partial charge in [0.05, 0.1) is 13.5 Å². The maximum atomic E-state index is 12.8. The SMILES string of the molecule is CCCNC(=O)c1n[nH]c2c1CN(C(=O)Cc1ccccc1OC)CC2. The quantitative estimate of drug-likeness (QED) is 0.824. The third-order valence-electron chi connectivity index (χ3n) is 4.57. The minimum Gasteiger partial charge on any atom is -0.496 e. The van der Waals surface area contributed by atoms with Crippen molar-refractivity contribution in [1.29, 1.82) is 0 Å². The first-order chi connectivity index (χ1) is 12.6. The van der Waals surface area contributed by atoms with Crippen LogP contribution in [0.25, 0.3) is 0 Å². The second-order valence-electron chi connectivity index (χ2n) is 6.34. The first-order valence-corrected chi connectivity index (χ1v) is 8.88. The van der Waals surface area contributed by atoms with Crippen LogP contribution in [-0.2, 0) is 24.2 Å². The summed E-state index contributed by atoms with van der Waals surface area (Å²) >= 11 is 0. The number of benzene rings is 1. The van der Waals surface area contributed by atoms with Crippen LogP contribution in [0, 0.1) is 0 Å². The average Bonchev–Trinajstić information content (AvgIpc) is 3.09. The zero-order chi connectivity index (χ0) is 18.5. The maximum absolute atomic E-state index is 12.8. The van der Waals surface area contributed by atoms with E-state index in [9.17, 15) is 9.59 Å². The van der Waals surface area contributed by atoms with Gasteiger partial charge in [0.15, 0.2) is 5.69 Å². The molecule has 0 radical (unpaired) electrons. The number of para-hydroxylation sites is 1. The summed E-state index contributed by atoms with van der Waals surface area (Å²) in [4.78, 5) is 26.8. The van der Waals surface area contributed by atoms with E-state index in [1.165, 1.54) is 0 Å². The molecule has 7 nitrogen and oxygen atoms in total. The topological polar surface area (TPSA) is 87.3 Å². The molecule has 2 N–H and O–H groups in total. The Kier molecular flexibility index (Phi) is 5.55. The molecule has 0 atom stereocenters. The van der Waals surface area contributed by atoms with Crippen LogP contribution in [0.1, 0.15) is 40.7 Å². The first-order valence-electron chi connectivity index (χ1n) is 8.88. The van der Waals surface area contributed by atoms with Gasteiger partial charge in [0.25, 0.3) is 5.91 Å². The van der Waals surface area contributed by atoms with Crippen molar-refractivity contribution in [3.05, 3.63) is 46.8 Å². The van der Waals surface area contributed by atoms with Crippen molar-refractivity contribution in [3.8, 4) is 5.75 Å². The number of nitrogens with one attached hydrogen (secondary N) is 2. The molecule has 2 amide bonds. The van der Waals surface area contributed by atoms with E-state index < -0.39 is 0 Å². The van der Waals surface area contributed by atoms with Crippen molar-refractivity contribution in [1.82, 2.24) is 20.4 Å². The lowest BCUT2D eigenvalue weighted by molar-refractivity contribution is -0.131. The summed E-state index contributed by atoms with van der Waals surface area (Å²) in [6.45, 7) is 3.61. The third kappa shape index (κ3) is 3.71. The molecule has 0 unspecified atom stereocenters. The van der Waals surface area contributed by atoms with Crippen molar-refractivity contribution in [2.45, 2.75) is 32.7 Å². The molecule has 3 rings (SSSR count). The van der Waals surface area contributed by atoms with Gasteiger partial charge >= 0.3 is 0 Å². The summed E-state index contributed by atoms with van der Waals surface area (Å²) in [5, 5.41) is 9.95. The Balaban J connectivity index is 1.72. The number of H-pyrrole nitrogens is 1. The molecule has 2 aromatic rings. The second kappa shape index (κ2) is 8.03. The van der Waals surface area contributed by atoms with E-state index in [0.717, 1.165) is 23.2 Å². The predicted molar refractivity (Wildman–Crippen MR) is 97.0 cm³/mol. The van der Waals surface area contributed by atoms with Gasteiger partial charge in [0.1, 0.15) is 5.75 Å². The Bertz CT molecular complexity index is 800. The Morgan fingerprint density at radius 2 is 2.15 bits per heavy atom. The molecule has 0 saturated heterocycles. The standard InChI is InChI=1S/C19H24N4O3/c1-3-9-20-19(25)18-14-12-23(10-8-15(14)21-22-18)17(24)11-13-6-4-5-7-16(13)26-2/h4-7H,3,8-12H2,1-2H3,(H,20,25)(H,21,22). The Morgan fingerprint density at radius 3 is 2.92 bits per heavy atom.